The molecule has 0 fully saturated rings. The minimum atomic E-state index is -0.755. The summed E-state index contributed by atoms with van der Waals surface area (Å²) in [5.41, 5.74) is -0.520. The molecule has 0 N–H and O–H groups in total. The molecule has 0 amide bonds. The molecule has 1 aromatic carbocycles. The number of fused-ring (bicyclic) bond motifs is 1. The third-order valence-corrected chi connectivity index (χ3v) is 2.51. The number of carbonyl (C=O) groups excluding carboxylic acids is 1. The Hall–Kier alpha value is -2.17. The van der Waals surface area contributed by atoms with E-state index in [1.807, 2.05) is 0 Å². The van der Waals surface area contributed by atoms with E-state index in [0.717, 1.165) is 6.07 Å². The predicted octanol–water partition coefficient (Wildman–Crippen LogP) is 2.42. The lowest BCUT2D eigenvalue weighted by Gasteiger charge is -2.05. The van der Waals surface area contributed by atoms with E-state index in [4.69, 9.17) is 9.15 Å². The first kappa shape index (κ1) is 12.3. The largest absolute Gasteiger partial charge is 0.462 e. The SMILES string of the molecule is CCOC(=O)c1c(C)oc2ccc(F)cc2c1=O. The summed E-state index contributed by atoms with van der Waals surface area (Å²) in [6.07, 6.45) is 0. The molecule has 1 heterocycles. The van der Waals surface area contributed by atoms with E-state index < -0.39 is 17.2 Å². The number of hydrogen-bond acceptors (Lipinski definition) is 4. The van der Waals surface area contributed by atoms with Crippen LogP contribution in [0.5, 0.6) is 0 Å². The monoisotopic (exact) mass is 250 g/mol. The van der Waals surface area contributed by atoms with Crippen molar-refractivity contribution in [1.29, 1.82) is 0 Å². The average molecular weight is 250 g/mol. The molecule has 0 saturated carbocycles. The molecule has 18 heavy (non-hydrogen) atoms. The lowest BCUT2D eigenvalue weighted by molar-refractivity contribution is 0.0521. The fraction of sp³-hybridized carbons (Fsp3) is 0.231. The number of esters is 1. The van der Waals surface area contributed by atoms with Crippen LogP contribution in [0.25, 0.3) is 11.0 Å². The Labute approximate surface area is 102 Å². The van der Waals surface area contributed by atoms with E-state index in [-0.39, 0.29) is 28.9 Å². The molecule has 0 unspecified atom stereocenters. The zero-order chi connectivity index (χ0) is 13.3. The Morgan fingerprint density at radius 2 is 2.17 bits per heavy atom. The minimum absolute atomic E-state index is 0.0312. The van der Waals surface area contributed by atoms with E-state index in [2.05, 4.69) is 0 Å². The summed E-state index contributed by atoms with van der Waals surface area (Å²) < 4.78 is 23.2. The van der Waals surface area contributed by atoms with Crippen molar-refractivity contribution in [2.24, 2.45) is 0 Å². The van der Waals surface area contributed by atoms with E-state index in [1.165, 1.54) is 19.1 Å². The van der Waals surface area contributed by atoms with Crippen LogP contribution in [0.15, 0.2) is 27.4 Å². The van der Waals surface area contributed by atoms with Gasteiger partial charge in [0, 0.05) is 0 Å². The van der Waals surface area contributed by atoms with Gasteiger partial charge in [0.25, 0.3) is 0 Å². The first-order valence-electron chi connectivity index (χ1n) is 5.44. The van der Waals surface area contributed by atoms with Gasteiger partial charge in [0.05, 0.1) is 12.0 Å². The topological polar surface area (TPSA) is 56.5 Å². The van der Waals surface area contributed by atoms with Gasteiger partial charge in [0.15, 0.2) is 0 Å². The number of halogens is 1. The lowest BCUT2D eigenvalue weighted by Crippen LogP contribution is -2.19. The maximum atomic E-state index is 13.1. The van der Waals surface area contributed by atoms with Gasteiger partial charge in [-0.2, -0.15) is 0 Å². The van der Waals surface area contributed by atoms with Gasteiger partial charge in [-0.25, -0.2) is 9.18 Å². The molecular formula is C13H11FO4. The fourth-order valence-electron chi connectivity index (χ4n) is 1.72. The maximum Gasteiger partial charge on any atom is 0.345 e. The highest BCUT2D eigenvalue weighted by atomic mass is 19.1. The summed E-state index contributed by atoms with van der Waals surface area (Å²) in [6.45, 7) is 3.28. The second-order valence-corrected chi connectivity index (χ2v) is 3.72. The summed E-state index contributed by atoms with van der Waals surface area (Å²) in [5, 5.41) is 0.0312. The Kier molecular flexibility index (Phi) is 3.14. The van der Waals surface area contributed by atoms with Gasteiger partial charge >= 0.3 is 5.97 Å². The number of aryl methyl sites for hydroxylation is 1. The molecule has 1 aromatic heterocycles. The van der Waals surface area contributed by atoms with E-state index >= 15 is 0 Å². The van der Waals surface area contributed by atoms with Crippen LogP contribution in [-0.4, -0.2) is 12.6 Å². The fourth-order valence-corrected chi connectivity index (χ4v) is 1.72. The smallest absolute Gasteiger partial charge is 0.345 e. The number of rotatable bonds is 2. The van der Waals surface area contributed by atoms with Crippen molar-refractivity contribution in [3.63, 3.8) is 0 Å². The summed E-state index contributed by atoms with van der Waals surface area (Å²) in [6, 6.07) is 3.59. The molecule has 0 radical (unpaired) electrons. The highest BCUT2D eigenvalue weighted by molar-refractivity contribution is 5.94. The molecule has 0 spiro atoms. The van der Waals surface area contributed by atoms with Crippen LogP contribution in [0.2, 0.25) is 0 Å². The zero-order valence-electron chi connectivity index (χ0n) is 9.95. The molecule has 0 saturated heterocycles. The van der Waals surface area contributed by atoms with E-state index in [1.54, 1.807) is 6.92 Å². The minimum Gasteiger partial charge on any atom is -0.462 e. The van der Waals surface area contributed by atoms with Crippen molar-refractivity contribution in [2.45, 2.75) is 13.8 Å². The molecular weight excluding hydrogens is 239 g/mol. The highest BCUT2D eigenvalue weighted by Crippen LogP contribution is 2.16. The maximum absolute atomic E-state index is 13.1. The standard InChI is InChI=1S/C13H11FO4/c1-3-17-13(16)11-7(2)18-10-5-4-8(14)6-9(10)12(11)15/h4-6H,3H2,1-2H3. The quantitative estimate of drug-likeness (QED) is 0.768. The van der Waals surface area contributed by atoms with Gasteiger partial charge in [0.1, 0.15) is 22.7 Å². The van der Waals surface area contributed by atoms with Crippen molar-refractivity contribution in [1.82, 2.24) is 0 Å². The van der Waals surface area contributed by atoms with Crippen LogP contribution in [0, 0.1) is 12.7 Å². The first-order valence-corrected chi connectivity index (χ1v) is 5.44. The predicted molar refractivity (Wildman–Crippen MR) is 63.1 cm³/mol. The molecule has 0 bridgehead atoms. The molecule has 94 valence electrons. The molecule has 4 nitrogen and oxygen atoms in total. The second-order valence-electron chi connectivity index (χ2n) is 3.72. The van der Waals surface area contributed by atoms with Crippen LogP contribution >= 0.6 is 0 Å². The van der Waals surface area contributed by atoms with Crippen LogP contribution in [0.4, 0.5) is 4.39 Å². The van der Waals surface area contributed by atoms with Gasteiger partial charge < -0.3 is 9.15 Å². The van der Waals surface area contributed by atoms with Crippen molar-refractivity contribution >= 4 is 16.9 Å². The molecule has 0 aliphatic heterocycles. The normalized spacial score (nSPS) is 10.6. The van der Waals surface area contributed by atoms with Gasteiger partial charge in [0.2, 0.25) is 5.43 Å². The van der Waals surface area contributed by atoms with Crippen molar-refractivity contribution in [3.8, 4) is 0 Å². The Morgan fingerprint density at radius 1 is 1.44 bits per heavy atom. The zero-order valence-corrected chi connectivity index (χ0v) is 9.95. The summed E-state index contributed by atoms with van der Waals surface area (Å²) in [5.74, 6) is -1.15. The number of benzene rings is 1. The van der Waals surface area contributed by atoms with Crippen LogP contribution in [0.1, 0.15) is 23.0 Å². The van der Waals surface area contributed by atoms with Gasteiger partial charge in [-0.15, -0.1) is 0 Å². The number of hydrogen-bond donors (Lipinski definition) is 0. The van der Waals surface area contributed by atoms with Crippen LogP contribution in [0.3, 0.4) is 0 Å². The van der Waals surface area contributed by atoms with Crippen molar-refractivity contribution < 1.29 is 18.3 Å². The van der Waals surface area contributed by atoms with E-state index in [0.29, 0.717) is 0 Å². The summed E-state index contributed by atoms with van der Waals surface area (Å²) in [4.78, 5) is 23.7. The van der Waals surface area contributed by atoms with Crippen LogP contribution < -0.4 is 5.43 Å². The van der Waals surface area contributed by atoms with Gasteiger partial charge in [-0.1, -0.05) is 0 Å². The summed E-state index contributed by atoms with van der Waals surface area (Å²) >= 11 is 0. The second kappa shape index (κ2) is 4.60. The molecule has 0 aliphatic rings. The first-order chi connectivity index (χ1) is 8.54. The molecule has 2 rings (SSSR count). The van der Waals surface area contributed by atoms with Crippen molar-refractivity contribution in [3.05, 3.63) is 45.6 Å². The third-order valence-electron chi connectivity index (χ3n) is 2.51. The van der Waals surface area contributed by atoms with Crippen LogP contribution in [-0.2, 0) is 4.74 Å². The molecule has 0 atom stereocenters. The summed E-state index contributed by atoms with van der Waals surface area (Å²) in [7, 11) is 0. The van der Waals surface area contributed by atoms with Gasteiger partial charge in [-0.3, -0.25) is 4.79 Å². The van der Waals surface area contributed by atoms with Gasteiger partial charge in [-0.05, 0) is 32.0 Å². The molecule has 0 aliphatic carbocycles. The third kappa shape index (κ3) is 1.99. The molecule has 2 aromatic rings. The lowest BCUT2D eigenvalue weighted by atomic mass is 10.1. The Bertz CT molecular complexity index is 672. The average Bonchev–Trinajstić information content (AvgIpc) is 2.31. The van der Waals surface area contributed by atoms with Crippen molar-refractivity contribution in [2.75, 3.05) is 6.61 Å². The Morgan fingerprint density at radius 3 is 2.83 bits per heavy atom. The Balaban J connectivity index is 2.75. The highest BCUT2D eigenvalue weighted by Gasteiger charge is 2.19. The van der Waals surface area contributed by atoms with E-state index in [9.17, 15) is 14.0 Å². The number of carbonyl (C=O) groups is 1. The molecule has 5 heteroatoms. The number of ether oxygens (including phenoxy) is 1.